The summed E-state index contributed by atoms with van der Waals surface area (Å²) in [7, 11) is 0. The first-order valence-corrected chi connectivity index (χ1v) is 1.56. The van der Waals surface area contributed by atoms with E-state index in [1.165, 1.54) is 0 Å². The number of carbonyl (C=O) groups is 1. The van der Waals surface area contributed by atoms with Gasteiger partial charge in [-0.05, 0) is 0 Å². The zero-order chi connectivity index (χ0) is 4.12. The minimum absolute atomic E-state index is 0. The van der Waals surface area contributed by atoms with E-state index >= 15 is 0 Å². The normalized spacial score (nSPS) is 5.50. The molecule has 0 aliphatic rings. The molecular formula is C2H6ClGaO2. The topological polar surface area (TPSA) is 26.3 Å². The summed E-state index contributed by atoms with van der Waals surface area (Å²) in [6, 6.07) is -0.0521. The fraction of sp³-hybridized carbons (Fsp3) is 0.500. The summed E-state index contributed by atoms with van der Waals surface area (Å²) in [6.45, 7) is 0.299. The van der Waals surface area contributed by atoms with Crippen LogP contribution in [0.15, 0.2) is 0 Å². The van der Waals surface area contributed by atoms with Crippen LogP contribution in [0, 0.1) is 0 Å². The molecule has 0 N–H and O–H groups in total. The zero-order valence-corrected chi connectivity index (χ0v) is 3.23. The van der Waals surface area contributed by atoms with Crippen LogP contribution in [-0.2, 0) is 9.53 Å². The molecular weight excluding hydrogens is 161 g/mol. The second-order valence-corrected chi connectivity index (χ2v) is 0.590. The van der Waals surface area contributed by atoms with Crippen molar-refractivity contribution in [2.45, 2.75) is 0 Å². The third kappa shape index (κ3) is 8.83. The monoisotopic (exact) mass is 166 g/mol. The van der Waals surface area contributed by atoms with Gasteiger partial charge < -0.3 is 4.74 Å². The molecule has 0 aromatic heterocycles. The van der Waals surface area contributed by atoms with Crippen molar-refractivity contribution in [1.29, 1.82) is 0 Å². The maximum atomic E-state index is 9.10. The van der Waals surface area contributed by atoms with Crippen molar-refractivity contribution in [3.05, 3.63) is 0 Å². The Morgan fingerprint density at radius 3 is 2.33 bits per heavy atom. The Hall–Kier alpha value is 0.396. The average Bonchev–Trinajstić information content (AvgIpc) is 1.41. The molecule has 0 fully saturated rings. The van der Waals surface area contributed by atoms with Crippen molar-refractivity contribution in [3.63, 3.8) is 0 Å². The average molecular weight is 167 g/mol. The third-order valence-corrected chi connectivity index (χ3v) is 0.257. The van der Waals surface area contributed by atoms with E-state index in [1.807, 2.05) is 0 Å². The molecule has 0 bridgehead atoms. The van der Waals surface area contributed by atoms with Crippen LogP contribution in [0.25, 0.3) is 0 Å². The first-order chi connectivity index (χ1) is 2.41. The molecule has 0 aliphatic heterocycles. The van der Waals surface area contributed by atoms with Crippen molar-refractivity contribution >= 4 is 37.9 Å². The van der Waals surface area contributed by atoms with E-state index < -0.39 is 0 Å². The summed E-state index contributed by atoms with van der Waals surface area (Å²) in [5, 5.41) is 0. The van der Waals surface area contributed by atoms with Gasteiger partial charge in [0.25, 0.3) is 6.47 Å². The van der Waals surface area contributed by atoms with E-state index in [4.69, 9.17) is 16.4 Å². The van der Waals surface area contributed by atoms with Gasteiger partial charge in [-0.3, -0.25) is 4.79 Å². The summed E-state index contributed by atoms with van der Waals surface area (Å²) >= 11 is 4.85. The standard InChI is InChI=1S/C2H3ClO2.Ga.3H/c3-1-5-2-4;;;;/h2H,1H2;;;;. The van der Waals surface area contributed by atoms with Crippen LogP contribution in [-0.4, -0.2) is 32.3 Å². The van der Waals surface area contributed by atoms with Crippen molar-refractivity contribution in [2.24, 2.45) is 0 Å². The Balaban J connectivity index is 0. The van der Waals surface area contributed by atoms with E-state index in [-0.39, 0.29) is 25.9 Å². The quantitative estimate of drug-likeness (QED) is 0.305. The SMILES string of the molecule is O=COCCl.[GaH3]. The van der Waals surface area contributed by atoms with Crippen molar-refractivity contribution in [1.82, 2.24) is 0 Å². The van der Waals surface area contributed by atoms with E-state index in [0.717, 1.165) is 0 Å². The summed E-state index contributed by atoms with van der Waals surface area (Å²) in [6.07, 6.45) is 0. The Kier molecular flexibility index (Phi) is 14.5. The Labute approximate surface area is 53.9 Å². The van der Waals surface area contributed by atoms with Gasteiger partial charge in [-0.25, -0.2) is 0 Å². The molecule has 0 amide bonds. The molecule has 36 valence electrons. The maximum absolute atomic E-state index is 9.10. The number of hydrogen-bond donors (Lipinski definition) is 0. The van der Waals surface area contributed by atoms with Crippen LogP contribution < -0.4 is 0 Å². The zero-order valence-electron chi connectivity index (χ0n) is 2.48. The molecule has 0 spiro atoms. The predicted molar refractivity (Wildman–Crippen MR) is 27.8 cm³/mol. The van der Waals surface area contributed by atoms with Gasteiger partial charge in [0, 0.05) is 0 Å². The van der Waals surface area contributed by atoms with E-state index in [9.17, 15) is 0 Å². The Bertz CT molecular complexity index is 32.7. The van der Waals surface area contributed by atoms with Gasteiger partial charge in [0.2, 0.25) is 0 Å². The number of carbonyl (C=O) groups excluding carboxylic acids is 1. The van der Waals surface area contributed by atoms with Gasteiger partial charge in [-0.15, -0.1) is 0 Å². The molecule has 0 atom stereocenters. The molecule has 0 saturated heterocycles. The first-order valence-electron chi connectivity index (χ1n) is 1.03. The summed E-state index contributed by atoms with van der Waals surface area (Å²) in [5.41, 5.74) is 0. The van der Waals surface area contributed by atoms with Crippen molar-refractivity contribution in [3.8, 4) is 0 Å². The van der Waals surface area contributed by atoms with Gasteiger partial charge in [0.05, 0.1) is 0 Å². The first kappa shape index (κ1) is 9.64. The third-order valence-electron chi connectivity index (χ3n) is 0.131. The second-order valence-electron chi connectivity index (χ2n) is 0.372. The molecule has 2 nitrogen and oxygen atoms in total. The van der Waals surface area contributed by atoms with E-state index in [0.29, 0.717) is 6.47 Å². The number of ether oxygens (including phenoxy) is 1. The molecule has 0 rings (SSSR count). The van der Waals surface area contributed by atoms with Crippen molar-refractivity contribution in [2.75, 3.05) is 6.07 Å². The number of hydrogen-bond acceptors (Lipinski definition) is 2. The Morgan fingerprint density at radius 2 is 2.33 bits per heavy atom. The molecule has 4 heteroatoms. The predicted octanol–water partition coefficient (Wildman–Crippen LogP) is -0.828. The second kappa shape index (κ2) is 9.04. The van der Waals surface area contributed by atoms with Crippen LogP contribution in [0.2, 0.25) is 0 Å². The molecule has 0 unspecified atom stereocenters. The van der Waals surface area contributed by atoms with E-state index in [2.05, 4.69) is 4.74 Å². The van der Waals surface area contributed by atoms with E-state index in [1.54, 1.807) is 0 Å². The van der Waals surface area contributed by atoms with Crippen molar-refractivity contribution < 1.29 is 9.53 Å². The minimum atomic E-state index is -0.0521. The van der Waals surface area contributed by atoms with Gasteiger partial charge in [0.1, 0.15) is 0 Å². The van der Waals surface area contributed by atoms with Gasteiger partial charge >= 0.3 is 19.8 Å². The summed E-state index contributed by atoms with van der Waals surface area (Å²) in [5.74, 6) is 0. The fourth-order valence-electron chi connectivity index (χ4n) is 0.0257. The van der Waals surface area contributed by atoms with Crippen LogP contribution in [0.1, 0.15) is 0 Å². The number of alkyl halides is 1. The van der Waals surface area contributed by atoms with Crippen LogP contribution >= 0.6 is 11.6 Å². The van der Waals surface area contributed by atoms with Gasteiger partial charge in [-0.1, -0.05) is 11.6 Å². The van der Waals surface area contributed by atoms with Crippen LogP contribution in [0.4, 0.5) is 0 Å². The summed E-state index contributed by atoms with van der Waals surface area (Å²) in [4.78, 5) is 9.10. The van der Waals surface area contributed by atoms with Gasteiger partial charge in [0.15, 0.2) is 6.07 Å². The molecule has 0 radical (unpaired) electrons. The molecule has 6 heavy (non-hydrogen) atoms. The molecule has 0 aromatic rings. The number of rotatable bonds is 2. The molecule has 0 heterocycles. The molecule has 0 saturated carbocycles. The van der Waals surface area contributed by atoms with Gasteiger partial charge in [-0.2, -0.15) is 0 Å². The molecule has 0 aromatic carbocycles. The Morgan fingerprint density at radius 1 is 1.83 bits per heavy atom. The van der Waals surface area contributed by atoms with Crippen LogP contribution in [0.5, 0.6) is 0 Å². The fourth-order valence-corrected chi connectivity index (χ4v) is 0.0772. The molecule has 0 aliphatic carbocycles. The number of halogens is 1. The van der Waals surface area contributed by atoms with Crippen LogP contribution in [0.3, 0.4) is 0 Å². The summed E-state index contributed by atoms with van der Waals surface area (Å²) < 4.78 is 3.92.